The Balaban J connectivity index is 1.94. The van der Waals surface area contributed by atoms with Crippen LogP contribution in [0.3, 0.4) is 0 Å². The van der Waals surface area contributed by atoms with E-state index in [1.807, 2.05) is 19.1 Å². The first kappa shape index (κ1) is 18.4. The molecule has 0 spiro atoms. The molecule has 5 nitrogen and oxygen atoms in total. The van der Waals surface area contributed by atoms with E-state index in [-0.39, 0.29) is 10.9 Å². The standard InChI is InChI=1S/C17H28N2O3S/c1-13-8-10-17(20,11-9-13)12-19-14(2)15-4-6-16(7-5-15)23(21,22)18-3/h4-7,13-14,18-20H,8-12H2,1-3H3. The Labute approximate surface area is 139 Å². The Morgan fingerprint density at radius 2 is 1.83 bits per heavy atom. The van der Waals surface area contributed by atoms with Crippen LogP contribution in [0.2, 0.25) is 0 Å². The summed E-state index contributed by atoms with van der Waals surface area (Å²) < 4.78 is 25.8. The van der Waals surface area contributed by atoms with Crippen LogP contribution in [0.15, 0.2) is 29.2 Å². The third kappa shape index (κ3) is 4.76. The minimum atomic E-state index is -3.40. The highest BCUT2D eigenvalue weighted by Gasteiger charge is 2.31. The van der Waals surface area contributed by atoms with Crippen LogP contribution in [0.1, 0.15) is 51.1 Å². The fourth-order valence-electron chi connectivity index (χ4n) is 2.99. The fourth-order valence-corrected chi connectivity index (χ4v) is 3.72. The van der Waals surface area contributed by atoms with Gasteiger partial charge in [-0.2, -0.15) is 0 Å². The molecule has 0 amide bonds. The molecule has 1 atom stereocenters. The number of rotatable bonds is 6. The predicted octanol–water partition coefficient (Wildman–Crippen LogP) is 2.19. The number of hydrogen-bond donors (Lipinski definition) is 3. The molecule has 0 radical (unpaired) electrons. The highest BCUT2D eigenvalue weighted by atomic mass is 32.2. The second-order valence-electron chi connectivity index (χ2n) is 6.79. The van der Waals surface area contributed by atoms with Crippen molar-refractivity contribution in [3.63, 3.8) is 0 Å². The predicted molar refractivity (Wildman–Crippen MR) is 91.7 cm³/mol. The van der Waals surface area contributed by atoms with Crippen molar-refractivity contribution in [1.82, 2.24) is 10.0 Å². The third-order valence-corrected chi connectivity index (χ3v) is 6.33. The Hall–Kier alpha value is -0.950. The molecule has 0 saturated heterocycles. The Morgan fingerprint density at radius 3 is 2.35 bits per heavy atom. The average Bonchev–Trinajstić information content (AvgIpc) is 2.56. The van der Waals surface area contributed by atoms with Crippen molar-refractivity contribution in [2.75, 3.05) is 13.6 Å². The fraction of sp³-hybridized carbons (Fsp3) is 0.647. The van der Waals surface area contributed by atoms with Crippen LogP contribution in [-0.4, -0.2) is 32.7 Å². The summed E-state index contributed by atoms with van der Waals surface area (Å²) in [6, 6.07) is 6.90. The Bertz CT molecular complexity index is 605. The molecule has 1 aromatic rings. The largest absolute Gasteiger partial charge is 0.389 e. The summed E-state index contributed by atoms with van der Waals surface area (Å²) in [6.45, 7) is 4.82. The summed E-state index contributed by atoms with van der Waals surface area (Å²) in [5, 5.41) is 14.0. The lowest BCUT2D eigenvalue weighted by Gasteiger charge is -2.36. The molecule has 0 heterocycles. The van der Waals surface area contributed by atoms with Gasteiger partial charge in [-0.3, -0.25) is 0 Å². The van der Waals surface area contributed by atoms with Gasteiger partial charge in [0.05, 0.1) is 10.5 Å². The van der Waals surface area contributed by atoms with Gasteiger partial charge in [0, 0.05) is 12.6 Å². The van der Waals surface area contributed by atoms with Gasteiger partial charge in [0.1, 0.15) is 0 Å². The zero-order valence-corrected chi connectivity index (χ0v) is 15.0. The average molecular weight is 340 g/mol. The van der Waals surface area contributed by atoms with Crippen molar-refractivity contribution in [1.29, 1.82) is 0 Å². The van der Waals surface area contributed by atoms with Crippen LogP contribution in [0.25, 0.3) is 0 Å². The van der Waals surface area contributed by atoms with E-state index in [2.05, 4.69) is 17.0 Å². The molecule has 1 unspecified atom stereocenters. The lowest BCUT2D eigenvalue weighted by atomic mass is 9.79. The van der Waals surface area contributed by atoms with Gasteiger partial charge < -0.3 is 10.4 Å². The quantitative estimate of drug-likeness (QED) is 0.742. The summed E-state index contributed by atoms with van der Waals surface area (Å²) in [7, 11) is -1.99. The molecule has 1 fully saturated rings. The smallest absolute Gasteiger partial charge is 0.240 e. The van der Waals surface area contributed by atoms with Crippen LogP contribution in [-0.2, 0) is 10.0 Å². The maximum atomic E-state index is 11.7. The third-order valence-electron chi connectivity index (χ3n) is 4.90. The SMILES string of the molecule is CNS(=O)(=O)c1ccc(C(C)NCC2(O)CCC(C)CC2)cc1. The van der Waals surface area contributed by atoms with Gasteiger partial charge in [0.2, 0.25) is 10.0 Å². The molecule has 2 rings (SSSR count). The van der Waals surface area contributed by atoms with Crippen molar-refractivity contribution in [2.24, 2.45) is 5.92 Å². The van der Waals surface area contributed by atoms with Gasteiger partial charge in [0.15, 0.2) is 0 Å². The number of nitrogens with one attached hydrogen (secondary N) is 2. The van der Waals surface area contributed by atoms with E-state index in [0.717, 1.165) is 31.2 Å². The lowest BCUT2D eigenvalue weighted by molar-refractivity contribution is -0.00783. The van der Waals surface area contributed by atoms with Gasteiger partial charge in [-0.05, 0) is 63.3 Å². The second kappa shape index (κ2) is 7.30. The normalized spacial score (nSPS) is 26.9. The van der Waals surface area contributed by atoms with E-state index in [0.29, 0.717) is 12.5 Å². The maximum absolute atomic E-state index is 11.7. The molecular formula is C17H28N2O3S. The summed E-state index contributed by atoms with van der Waals surface area (Å²) in [4.78, 5) is 0.260. The number of sulfonamides is 1. The van der Waals surface area contributed by atoms with E-state index in [9.17, 15) is 13.5 Å². The number of benzene rings is 1. The molecule has 3 N–H and O–H groups in total. The van der Waals surface area contributed by atoms with E-state index in [4.69, 9.17) is 0 Å². The van der Waals surface area contributed by atoms with Gasteiger partial charge in [0.25, 0.3) is 0 Å². The summed E-state index contributed by atoms with van der Waals surface area (Å²) in [5.41, 5.74) is 0.392. The molecule has 6 heteroatoms. The minimum Gasteiger partial charge on any atom is -0.389 e. The van der Waals surface area contributed by atoms with Crippen LogP contribution in [0, 0.1) is 5.92 Å². The zero-order chi connectivity index (χ0) is 17.1. The minimum absolute atomic E-state index is 0.0599. The summed E-state index contributed by atoms with van der Waals surface area (Å²) >= 11 is 0. The van der Waals surface area contributed by atoms with Gasteiger partial charge >= 0.3 is 0 Å². The summed E-state index contributed by atoms with van der Waals surface area (Å²) in [6.07, 6.45) is 3.83. The lowest BCUT2D eigenvalue weighted by Crippen LogP contribution is -2.44. The van der Waals surface area contributed by atoms with E-state index in [1.165, 1.54) is 7.05 Å². The maximum Gasteiger partial charge on any atom is 0.240 e. The van der Waals surface area contributed by atoms with E-state index in [1.54, 1.807) is 12.1 Å². The van der Waals surface area contributed by atoms with Gasteiger partial charge in [-0.1, -0.05) is 19.1 Å². The van der Waals surface area contributed by atoms with Crippen molar-refractivity contribution >= 4 is 10.0 Å². The van der Waals surface area contributed by atoms with Crippen LogP contribution >= 0.6 is 0 Å². The molecule has 130 valence electrons. The van der Waals surface area contributed by atoms with Gasteiger partial charge in [-0.15, -0.1) is 0 Å². The molecule has 0 aromatic heterocycles. The van der Waals surface area contributed by atoms with Crippen molar-refractivity contribution in [3.8, 4) is 0 Å². The topological polar surface area (TPSA) is 78.4 Å². The van der Waals surface area contributed by atoms with Crippen molar-refractivity contribution < 1.29 is 13.5 Å². The molecule has 0 aliphatic heterocycles. The van der Waals surface area contributed by atoms with Gasteiger partial charge in [-0.25, -0.2) is 13.1 Å². The van der Waals surface area contributed by atoms with Crippen molar-refractivity contribution in [3.05, 3.63) is 29.8 Å². The second-order valence-corrected chi connectivity index (χ2v) is 8.67. The zero-order valence-electron chi connectivity index (χ0n) is 14.2. The van der Waals surface area contributed by atoms with Crippen LogP contribution in [0.4, 0.5) is 0 Å². The molecule has 0 bridgehead atoms. The highest BCUT2D eigenvalue weighted by Crippen LogP contribution is 2.31. The molecule has 1 saturated carbocycles. The monoisotopic (exact) mass is 340 g/mol. The van der Waals surface area contributed by atoms with Crippen LogP contribution in [0.5, 0.6) is 0 Å². The number of aliphatic hydroxyl groups is 1. The van der Waals surface area contributed by atoms with Crippen LogP contribution < -0.4 is 10.0 Å². The van der Waals surface area contributed by atoms with E-state index < -0.39 is 15.6 Å². The Morgan fingerprint density at radius 1 is 1.26 bits per heavy atom. The first-order valence-corrected chi connectivity index (χ1v) is 9.73. The molecule has 23 heavy (non-hydrogen) atoms. The highest BCUT2D eigenvalue weighted by molar-refractivity contribution is 7.89. The molecule has 1 aromatic carbocycles. The first-order valence-electron chi connectivity index (χ1n) is 8.25. The Kier molecular flexibility index (Phi) is 5.84. The number of hydrogen-bond acceptors (Lipinski definition) is 4. The van der Waals surface area contributed by atoms with Crippen molar-refractivity contribution in [2.45, 2.75) is 56.1 Å². The molecule has 1 aliphatic carbocycles. The molecular weight excluding hydrogens is 312 g/mol. The first-order chi connectivity index (χ1) is 10.8. The van der Waals surface area contributed by atoms with E-state index >= 15 is 0 Å². The summed E-state index contributed by atoms with van der Waals surface area (Å²) in [5.74, 6) is 0.703. The molecule has 1 aliphatic rings.